The van der Waals surface area contributed by atoms with Gasteiger partial charge in [0.15, 0.2) is 5.82 Å². The third kappa shape index (κ3) is 4.73. The van der Waals surface area contributed by atoms with Gasteiger partial charge in [0, 0.05) is 19.5 Å². The zero-order valence-electron chi connectivity index (χ0n) is 12.4. The number of likely N-dealkylation sites (tertiary alicyclic amines) is 1. The summed E-state index contributed by atoms with van der Waals surface area (Å²) >= 11 is 0. The van der Waals surface area contributed by atoms with E-state index in [0.29, 0.717) is 18.3 Å². The summed E-state index contributed by atoms with van der Waals surface area (Å²) in [5, 5.41) is 8.89. The van der Waals surface area contributed by atoms with Crippen LogP contribution < -0.4 is 9.86 Å². The summed E-state index contributed by atoms with van der Waals surface area (Å²) in [5.41, 5.74) is 0. The molecular weight excluding hydrogens is 294 g/mol. The Labute approximate surface area is 125 Å². The van der Waals surface area contributed by atoms with E-state index in [1.807, 2.05) is 13.8 Å². The summed E-state index contributed by atoms with van der Waals surface area (Å²) in [4.78, 5) is 6.61. The lowest BCUT2D eigenvalue weighted by Crippen LogP contribution is -2.43. The van der Waals surface area contributed by atoms with Gasteiger partial charge in [-0.05, 0) is 32.2 Å². The first-order valence-electron chi connectivity index (χ1n) is 7.23. The Balaban J connectivity index is 1.93. The molecule has 0 amide bonds. The van der Waals surface area contributed by atoms with Crippen LogP contribution in [0.25, 0.3) is 0 Å². The first-order valence-corrected chi connectivity index (χ1v) is 8.77. The highest BCUT2D eigenvalue weighted by Gasteiger charge is 2.27. The van der Waals surface area contributed by atoms with E-state index < -0.39 is 10.2 Å². The normalized spacial score (nSPS) is 22.3. The number of rotatable bonds is 6. The van der Waals surface area contributed by atoms with E-state index in [4.69, 9.17) is 9.66 Å². The predicted octanol–water partition coefficient (Wildman–Crippen LogP) is 0.198. The van der Waals surface area contributed by atoms with Crippen LogP contribution in [0.15, 0.2) is 4.52 Å². The van der Waals surface area contributed by atoms with Crippen molar-refractivity contribution in [3.8, 4) is 0 Å². The molecule has 21 heavy (non-hydrogen) atoms. The fourth-order valence-electron chi connectivity index (χ4n) is 2.59. The minimum Gasteiger partial charge on any atom is -0.338 e. The van der Waals surface area contributed by atoms with Crippen LogP contribution >= 0.6 is 0 Å². The first kappa shape index (κ1) is 16.3. The van der Waals surface area contributed by atoms with Crippen molar-refractivity contribution in [1.29, 1.82) is 0 Å². The van der Waals surface area contributed by atoms with Gasteiger partial charge in [-0.15, -0.1) is 0 Å². The lowest BCUT2D eigenvalue weighted by Gasteiger charge is -2.35. The Morgan fingerprint density at radius 3 is 2.95 bits per heavy atom. The Hall–Kier alpha value is -1.03. The Morgan fingerprint density at radius 2 is 2.33 bits per heavy atom. The molecule has 0 unspecified atom stereocenters. The molecule has 0 bridgehead atoms. The number of nitrogens with two attached hydrogens (primary N) is 1. The number of nitrogens with zero attached hydrogens (tertiary/aromatic N) is 3. The van der Waals surface area contributed by atoms with Crippen molar-refractivity contribution in [2.75, 3.05) is 19.6 Å². The number of piperidine rings is 1. The highest BCUT2D eigenvalue weighted by atomic mass is 32.2. The summed E-state index contributed by atoms with van der Waals surface area (Å²) in [6.07, 6.45) is 2.74. The molecule has 0 saturated carbocycles. The smallest absolute Gasteiger partial charge is 0.274 e. The van der Waals surface area contributed by atoms with Gasteiger partial charge in [-0.3, -0.25) is 4.90 Å². The molecule has 2 heterocycles. The highest BCUT2D eigenvalue weighted by molar-refractivity contribution is 7.87. The fourth-order valence-corrected chi connectivity index (χ4v) is 3.05. The van der Waals surface area contributed by atoms with Crippen molar-refractivity contribution in [1.82, 2.24) is 19.8 Å². The molecule has 1 fully saturated rings. The van der Waals surface area contributed by atoms with E-state index >= 15 is 0 Å². The maximum atomic E-state index is 11.0. The topological polar surface area (TPSA) is 114 Å². The third-order valence-electron chi connectivity index (χ3n) is 3.83. The number of aryl methyl sites for hydroxylation is 1. The molecule has 0 aromatic carbocycles. The summed E-state index contributed by atoms with van der Waals surface area (Å²) in [5.74, 6) is 1.57. The molecule has 9 heteroatoms. The zero-order chi connectivity index (χ0) is 15.5. The van der Waals surface area contributed by atoms with Crippen LogP contribution in [0.1, 0.15) is 44.4 Å². The lowest BCUT2D eigenvalue weighted by molar-refractivity contribution is 0.112. The minimum absolute atomic E-state index is 0.0371. The molecule has 2 atom stereocenters. The van der Waals surface area contributed by atoms with E-state index in [0.717, 1.165) is 32.4 Å². The van der Waals surface area contributed by atoms with Crippen LogP contribution in [-0.2, 0) is 16.6 Å². The second-order valence-electron chi connectivity index (χ2n) is 5.48. The van der Waals surface area contributed by atoms with E-state index in [1.54, 1.807) is 0 Å². The third-order valence-corrected chi connectivity index (χ3v) is 4.40. The zero-order valence-corrected chi connectivity index (χ0v) is 13.3. The van der Waals surface area contributed by atoms with Crippen molar-refractivity contribution in [2.45, 2.75) is 39.2 Å². The van der Waals surface area contributed by atoms with Crippen LogP contribution in [0.3, 0.4) is 0 Å². The summed E-state index contributed by atoms with van der Waals surface area (Å²) in [7, 11) is -3.62. The molecule has 0 spiro atoms. The molecule has 1 aromatic rings. The average molecular weight is 317 g/mol. The van der Waals surface area contributed by atoms with Crippen molar-refractivity contribution in [3.05, 3.63) is 11.7 Å². The molecule has 0 aliphatic carbocycles. The SMILES string of the molecule is CCc1noc([C@H](C)N2CCC[C@H](CNS(N)(=O)=O)C2)n1. The van der Waals surface area contributed by atoms with E-state index in [9.17, 15) is 8.42 Å². The van der Waals surface area contributed by atoms with Crippen LogP contribution in [0, 0.1) is 5.92 Å². The monoisotopic (exact) mass is 317 g/mol. The summed E-state index contributed by atoms with van der Waals surface area (Å²) in [6, 6.07) is 0.0371. The van der Waals surface area contributed by atoms with E-state index in [1.165, 1.54) is 0 Å². The molecule has 1 aliphatic rings. The van der Waals surface area contributed by atoms with Crippen LogP contribution in [0.4, 0.5) is 0 Å². The van der Waals surface area contributed by atoms with Gasteiger partial charge >= 0.3 is 0 Å². The number of hydrogen-bond acceptors (Lipinski definition) is 6. The van der Waals surface area contributed by atoms with Gasteiger partial charge in [-0.25, -0.2) is 9.86 Å². The van der Waals surface area contributed by atoms with Gasteiger partial charge < -0.3 is 4.52 Å². The van der Waals surface area contributed by atoms with E-state index in [-0.39, 0.29) is 12.0 Å². The molecular formula is C12H23N5O3S. The second-order valence-corrected chi connectivity index (χ2v) is 6.85. The Morgan fingerprint density at radius 1 is 1.57 bits per heavy atom. The van der Waals surface area contributed by atoms with Crippen LogP contribution in [0.5, 0.6) is 0 Å². The standard InChI is InChI=1S/C12H23N5O3S/c1-3-11-15-12(20-16-11)9(2)17-6-4-5-10(8-17)7-14-21(13,18)19/h9-10,14H,3-8H2,1-2H3,(H2,13,18,19)/t9-,10+/m0/s1. The maximum absolute atomic E-state index is 11.0. The molecule has 2 rings (SSSR count). The number of nitrogens with one attached hydrogen (secondary N) is 1. The predicted molar refractivity (Wildman–Crippen MR) is 77.5 cm³/mol. The van der Waals surface area contributed by atoms with Gasteiger partial charge in [0.2, 0.25) is 5.89 Å². The molecule has 0 radical (unpaired) electrons. The molecule has 120 valence electrons. The van der Waals surface area contributed by atoms with Crippen LogP contribution in [-0.4, -0.2) is 43.1 Å². The first-order chi connectivity index (χ1) is 9.89. The van der Waals surface area contributed by atoms with Crippen molar-refractivity contribution < 1.29 is 12.9 Å². The van der Waals surface area contributed by atoms with E-state index in [2.05, 4.69) is 19.8 Å². The Kier molecular flexibility index (Phi) is 5.31. The number of hydrogen-bond donors (Lipinski definition) is 2. The molecule has 1 aliphatic heterocycles. The molecule has 8 nitrogen and oxygen atoms in total. The van der Waals surface area contributed by atoms with Gasteiger partial charge in [-0.2, -0.15) is 13.4 Å². The average Bonchev–Trinajstić information content (AvgIpc) is 2.93. The largest absolute Gasteiger partial charge is 0.338 e. The number of aromatic nitrogens is 2. The van der Waals surface area contributed by atoms with Crippen molar-refractivity contribution in [3.63, 3.8) is 0 Å². The van der Waals surface area contributed by atoms with Crippen LogP contribution in [0.2, 0.25) is 0 Å². The summed E-state index contributed by atoms with van der Waals surface area (Å²) in [6.45, 7) is 6.11. The van der Waals surface area contributed by atoms with Gasteiger partial charge in [-0.1, -0.05) is 12.1 Å². The van der Waals surface area contributed by atoms with Gasteiger partial charge in [0.25, 0.3) is 10.2 Å². The van der Waals surface area contributed by atoms with Gasteiger partial charge in [0.05, 0.1) is 6.04 Å². The van der Waals surface area contributed by atoms with Crippen molar-refractivity contribution >= 4 is 10.2 Å². The Bertz CT molecular complexity index is 559. The quantitative estimate of drug-likeness (QED) is 0.774. The lowest BCUT2D eigenvalue weighted by atomic mass is 9.97. The second kappa shape index (κ2) is 6.82. The fraction of sp³-hybridized carbons (Fsp3) is 0.833. The molecule has 1 saturated heterocycles. The molecule has 1 aromatic heterocycles. The van der Waals surface area contributed by atoms with Crippen molar-refractivity contribution in [2.24, 2.45) is 11.1 Å². The van der Waals surface area contributed by atoms with Gasteiger partial charge in [0.1, 0.15) is 0 Å². The highest BCUT2D eigenvalue weighted by Crippen LogP contribution is 2.25. The minimum atomic E-state index is -3.62. The molecule has 3 N–H and O–H groups in total. The maximum Gasteiger partial charge on any atom is 0.274 e. The summed E-state index contributed by atoms with van der Waals surface area (Å²) < 4.78 is 29.6.